The number of fused-ring (bicyclic) bond motifs is 3. The van der Waals surface area contributed by atoms with E-state index >= 15 is 0 Å². The van der Waals surface area contributed by atoms with Crippen molar-refractivity contribution in [3.8, 4) is 0 Å². The molecule has 0 atom stereocenters. The minimum Gasteiger partial charge on any atom is -0.356 e. The van der Waals surface area contributed by atoms with Gasteiger partial charge in [0, 0.05) is 30.5 Å². The zero-order chi connectivity index (χ0) is 15.3. The molecule has 0 bridgehead atoms. The summed E-state index contributed by atoms with van der Waals surface area (Å²) in [7, 11) is 0. The lowest BCUT2D eigenvalue weighted by Gasteiger charge is -2.28. The molecule has 4 heterocycles. The van der Waals surface area contributed by atoms with Crippen LogP contribution >= 0.6 is 0 Å². The van der Waals surface area contributed by atoms with Gasteiger partial charge in [0.05, 0.1) is 5.39 Å². The summed E-state index contributed by atoms with van der Waals surface area (Å²) < 4.78 is 1.99. The standard InChI is InChI=1S/C17H21N5/c1-11-9-12(2)18-16-15(11)17-19-13(3)10-14(22(17)20-16)21-7-5-4-6-8-21/h9-10H,4-8H2,1-3H3. The Morgan fingerprint density at radius 3 is 2.41 bits per heavy atom. The molecule has 1 saturated heterocycles. The third kappa shape index (κ3) is 2.03. The summed E-state index contributed by atoms with van der Waals surface area (Å²) in [4.78, 5) is 11.8. The zero-order valence-electron chi connectivity index (χ0n) is 13.4. The molecule has 3 aromatic rings. The summed E-state index contributed by atoms with van der Waals surface area (Å²) >= 11 is 0. The number of aryl methyl sites for hydroxylation is 3. The predicted octanol–water partition coefficient (Wildman–Crippen LogP) is 3.19. The van der Waals surface area contributed by atoms with Crippen LogP contribution in [0.2, 0.25) is 0 Å². The fourth-order valence-electron chi connectivity index (χ4n) is 3.47. The van der Waals surface area contributed by atoms with Crippen LogP contribution in [0.15, 0.2) is 12.1 Å². The lowest BCUT2D eigenvalue weighted by atomic mass is 10.1. The van der Waals surface area contributed by atoms with Crippen LogP contribution in [0, 0.1) is 20.8 Å². The van der Waals surface area contributed by atoms with E-state index in [-0.39, 0.29) is 0 Å². The highest BCUT2D eigenvalue weighted by atomic mass is 15.4. The van der Waals surface area contributed by atoms with Gasteiger partial charge >= 0.3 is 0 Å². The Labute approximate surface area is 130 Å². The van der Waals surface area contributed by atoms with E-state index in [0.717, 1.165) is 47.0 Å². The second-order valence-electron chi connectivity index (χ2n) is 6.32. The number of hydrogen-bond donors (Lipinski definition) is 0. The molecule has 0 aliphatic carbocycles. The maximum Gasteiger partial charge on any atom is 0.184 e. The van der Waals surface area contributed by atoms with Crippen molar-refractivity contribution < 1.29 is 0 Å². The molecular weight excluding hydrogens is 274 g/mol. The normalized spacial score (nSPS) is 15.9. The van der Waals surface area contributed by atoms with Crippen LogP contribution in [0.25, 0.3) is 16.7 Å². The molecule has 3 aromatic heterocycles. The van der Waals surface area contributed by atoms with E-state index in [1.807, 2.05) is 11.4 Å². The van der Waals surface area contributed by atoms with Gasteiger partial charge in [0.1, 0.15) is 5.82 Å². The topological polar surface area (TPSA) is 46.3 Å². The van der Waals surface area contributed by atoms with Gasteiger partial charge in [0.2, 0.25) is 0 Å². The number of pyridine rings is 1. The van der Waals surface area contributed by atoms with Crippen LogP contribution in [0.1, 0.15) is 36.2 Å². The van der Waals surface area contributed by atoms with Crippen molar-refractivity contribution >= 4 is 22.5 Å². The van der Waals surface area contributed by atoms with Gasteiger partial charge in [-0.1, -0.05) is 0 Å². The number of hydrogen-bond acceptors (Lipinski definition) is 4. The minimum absolute atomic E-state index is 0.800. The van der Waals surface area contributed by atoms with Gasteiger partial charge in [-0.25, -0.2) is 9.97 Å². The lowest BCUT2D eigenvalue weighted by molar-refractivity contribution is 0.568. The smallest absolute Gasteiger partial charge is 0.184 e. The molecule has 1 aliphatic heterocycles. The summed E-state index contributed by atoms with van der Waals surface area (Å²) in [6, 6.07) is 4.25. The Kier molecular flexibility index (Phi) is 3.03. The monoisotopic (exact) mass is 295 g/mol. The molecule has 0 aromatic carbocycles. The van der Waals surface area contributed by atoms with Crippen molar-refractivity contribution in [3.63, 3.8) is 0 Å². The summed E-state index contributed by atoms with van der Waals surface area (Å²) in [5, 5.41) is 5.83. The average Bonchev–Trinajstić information content (AvgIpc) is 2.85. The molecule has 0 radical (unpaired) electrons. The lowest BCUT2D eigenvalue weighted by Crippen LogP contribution is -2.31. The van der Waals surface area contributed by atoms with E-state index in [1.54, 1.807) is 0 Å². The van der Waals surface area contributed by atoms with Crippen LogP contribution < -0.4 is 4.90 Å². The number of rotatable bonds is 1. The fourth-order valence-corrected chi connectivity index (χ4v) is 3.47. The second-order valence-corrected chi connectivity index (χ2v) is 6.32. The van der Waals surface area contributed by atoms with Crippen molar-refractivity contribution in [1.29, 1.82) is 0 Å². The molecular formula is C17H21N5. The first-order valence-electron chi connectivity index (χ1n) is 8.03. The Morgan fingerprint density at radius 1 is 0.909 bits per heavy atom. The van der Waals surface area contributed by atoms with Gasteiger partial charge < -0.3 is 4.90 Å². The number of anilines is 1. The van der Waals surface area contributed by atoms with Gasteiger partial charge in [-0.05, 0) is 51.7 Å². The number of piperidine rings is 1. The molecule has 114 valence electrons. The molecule has 0 saturated carbocycles. The van der Waals surface area contributed by atoms with Gasteiger partial charge in [-0.2, -0.15) is 4.52 Å². The summed E-state index contributed by atoms with van der Waals surface area (Å²) in [5.41, 5.74) is 4.97. The van der Waals surface area contributed by atoms with Crippen molar-refractivity contribution in [2.24, 2.45) is 0 Å². The first-order chi connectivity index (χ1) is 10.6. The Morgan fingerprint density at radius 2 is 1.64 bits per heavy atom. The first kappa shape index (κ1) is 13.5. The van der Waals surface area contributed by atoms with E-state index < -0.39 is 0 Å². The second kappa shape index (κ2) is 4.93. The van der Waals surface area contributed by atoms with Crippen molar-refractivity contribution in [2.75, 3.05) is 18.0 Å². The van der Waals surface area contributed by atoms with Crippen LogP contribution in [-0.2, 0) is 0 Å². The molecule has 22 heavy (non-hydrogen) atoms. The van der Waals surface area contributed by atoms with Gasteiger partial charge in [0.15, 0.2) is 11.3 Å². The molecule has 5 nitrogen and oxygen atoms in total. The molecule has 0 spiro atoms. The Hall–Kier alpha value is -2.17. The highest BCUT2D eigenvalue weighted by molar-refractivity contribution is 5.93. The maximum absolute atomic E-state index is 4.75. The van der Waals surface area contributed by atoms with Crippen LogP contribution in [0.5, 0.6) is 0 Å². The number of aromatic nitrogens is 4. The first-order valence-corrected chi connectivity index (χ1v) is 8.03. The Balaban J connectivity index is 2.03. The van der Waals surface area contributed by atoms with Gasteiger partial charge in [-0.3, -0.25) is 0 Å². The van der Waals surface area contributed by atoms with Gasteiger partial charge in [-0.15, -0.1) is 5.10 Å². The van der Waals surface area contributed by atoms with Crippen molar-refractivity contribution in [1.82, 2.24) is 19.6 Å². The minimum atomic E-state index is 0.800. The number of nitrogens with zero attached hydrogens (tertiary/aromatic N) is 5. The van der Waals surface area contributed by atoms with E-state index in [4.69, 9.17) is 10.1 Å². The van der Waals surface area contributed by atoms with Crippen LogP contribution in [0.3, 0.4) is 0 Å². The third-order valence-electron chi connectivity index (χ3n) is 4.46. The molecule has 0 N–H and O–H groups in total. The SMILES string of the molecule is Cc1cc(C)c2c(n1)nn1c(N3CCCCC3)cc(C)nc21. The third-order valence-corrected chi connectivity index (χ3v) is 4.46. The van der Waals surface area contributed by atoms with Crippen molar-refractivity contribution in [3.05, 3.63) is 29.1 Å². The predicted molar refractivity (Wildman–Crippen MR) is 88.6 cm³/mol. The van der Waals surface area contributed by atoms with Crippen molar-refractivity contribution in [2.45, 2.75) is 40.0 Å². The molecule has 5 heteroatoms. The highest BCUT2D eigenvalue weighted by Crippen LogP contribution is 2.27. The summed E-state index contributed by atoms with van der Waals surface area (Å²) in [6.45, 7) is 8.38. The largest absolute Gasteiger partial charge is 0.356 e. The highest BCUT2D eigenvalue weighted by Gasteiger charge is 2.19. The quantitative estimate of drug-likeness (QED) is 0.691. The van der Waals surface area contributed by atoms with Crippen LogP contribution in [0.4, 0.5) is 5.82 Å². The zero-order valence-corrected chi connectivity index (χ0v) is 13.4. The van der Waals surface area contributed by atoms with Gasteiger partial charge in [0.25, 0.3) is 0 Å². The fraction of sp³-hybridized carbons (Fsp3) is 0.471. The molecule has 4 rings (SSSR count). The van der Waals surface area contributed by atoms with E-state index in [0.29, 0.717) is 0 Å². The molecule has 0 amide bonds. The van der Waals surface area contributed by atoms with E-state index in [2.05, 4.69) is 35.9 Å². The Bertz CT molecular complexity index is 858. The summed E-state index contributed by atoms with van der Waals surface area (Å²) in [5.74, 6) is 1.15. The van der Waals surface area contributed by atoms with E-state index in [1.165, 1.54) is 24.8 Å². The molecule has 1 fully saturated rings. The maximum atomic E-state index is 4.75. The molecule has 0 unspecified atom stereocenters. The average molecular weight is 295 g/mol. The molecule has 1 aliphatic rings. The summed E-state index contributed by atoms with van der Waals surface area (Å²) in [6.07, 6.45) is 3.82. The van der Waals surface area contributed by atoms with E-state index in [9.17, 15) is 0 Å². The van der Waals surface area contributed by atoms with Crippen LogP contribution in [-0.4, -0.2) is 32.7 Å².